The molecular weight excluding hydrogens is 320 g/mol. The Kier molecular flexibility index (Phi) is 4.66. The van der Waals surface area contributed by atoms with E-state index < -0.39 is 11.9 Å². The molecular formula is C19H16N2O4. The summed E-state index contributed by atoms with van der Waals surface area (Å²) in [7, 11) is 0. The summed E-state index contributed by atoms with van der Waals surface area (Å²) in [5, 5.41) is 17.9. The number of carboxylic acid groups (broad SMARTS) is 1. The van der Waals surface area contributed by atoms with Crippen molar-refractivity contribution >= 4 is 17.6 Å². The van der Waals surface area contributed by atoms with Crippen LogP contribution in [0.4, 0.5) is 5.69 Å². The van der Waals surface area contributed by atoms with Crippen LogP contribution in [0.2, 0.25) is 0 Å². The van der Waals surface area contributed by atoms with E-state index in [9.17, 15) is 9.59 Å². The second-order valence-corrected chi connectivity index (χ2v) is 5.84. The third kappa shape index (κ3) is 3.78. The Balaban J connectivity index is 1.63. The Morgan fingerprint density at radius 1 is 1.28 bits per heavy atom. The molecule has 1 amide bonds. The number of hydrogen-bond acceptors (Lipinski definition) is 4. The SMILES string of the molecule is N#Cc1cccc(COc2ccc(N3C[C@@H](C(=O)O)CC3=O)cc2)c1. The number of benzene rings is 2. The highest BCUT2D eigenvalue weighted by Crippen LogP contribution is 2.27. The van der Waals surface area contributed by atoms with Gasteiger partial charge in [-0.25, -0.2) is 0 Å². The van der Waals surface area contributed by atoms with Crippen molar-refractivity contribution in [1.82, 2.24) is 0 Å². The average molecular weight is 336 g/mol. The van der Waals surface area contributed by atoms with Crippen LogP contribution in [0.25, 0.3) is 0 Å². The molecule has 0 bridgehead atoms. The van der Waals surface area contributed by atoms with Crippen molar-refractivity contribution in [2.45, 2.75) is 13.0 Å². The van der Waals surface area contributed by atoms with E-state index in [1.807, 2.05) is 6.07 Å². The number of carboxylic acids is 1. The zero-order chi connectivity index (χ0) is 17.8. The van der Waals surface area contributed by atoms with Crippen LogP contribution in [0.1, 0.15) is 17.5 Å². The van der Waals surface area contributed by atoms with E-state index in [1.165, 1.54) is 4.90 Å². The lowest BCUT2D eigenvalue weighted by molar-refractivity contribution is -0.141. The molecule has 0 spiro atoms. The normalized spacial score (nSPS) is 16.5. The number of nitriles is 1. The summed E-state index contributed by atoms with van der Waals surface area (Å²) >= 11 is 0. The van der Waals surface area contributed by atoms with Gasteiger partial charge in [-0.2, -0.15) is 5.26 Å². The number of nitrogens with zero attached hydrogens (tertiary/aromatic N) is 2. The second kappa shape index (κ2) is 7.05. The van der Waals surface area contributed by atoms with Crippen molar-refractivity contribution < 1.29 is 19.4 Å². The molecule has 3 rings (SSSR count). The molecule has 126 valence electrons. The van der Waals surface area contributed by atoms with Crippen molar-refractivity contribution in [3.05, 3.63) is 59.7 Å². The largest absolute Gasteiger partial charge is 0.489 e. The summed E-state index contributed by atoms with van der Waals surface area (Å²) in [6, 6.07) is 16.2. The highest BCUT2D eigenvalue weighted by molar-refractivity contribution is 5.99. The van der Waals surface area contributed by atoms with Gasteiger partial charge in [-0.15, -0.1) is 0 Å². The number of carbonyl (C=O) groups is 2. The van der Waals surface area contributed by atoms with Crippen LogP contribution < -0.4 is 9.64 Å². The highest BCUT2D eigenvalue weighted by Gasteiger charge is 2.34. The van der Waals surface area contributed by atoms with Crippen molar-refractivity contribution in [3.63, 3.8) is 0 Å². The van der Waals surface area contributed by atoms with Crippen LogP contribution in [0.3, 0.4) is 0 Å². The van der Waals surface area contributed by atoms with E-state index >= 15 is 0 Å². The maximum atomic E-state index is 12.0. The van der Waals surface area contributed by atoms with Gasteiger partial charge in [0.05, 0.1) is 17.6 Å². The first-order valence-corrected chi connectivity index (χ1v) is 7.82. The third-order valence-corrected chi connectivity index (χ3v) is 4.08. The zero-order valence-corrected chi connectivity index (χ0v) is 13.4. The number of hydrogen-bond donors (Lipinski definition) is 1. The standard InChI is InChI=1S/C19H16N2O4/c20-10-13-2-1-3-14(8-13)12-25-17-6-4-16(5-7-17)21-11-15(19(23)24)9-18(21)22/h1-8,15H,9,11-12H2,(H,23,24)/t15-/m0/s1. The predicted octanol–water partition coefficient (Wildman–Crippen LogP) is 2.57. The van der Waals surface area contributed by atoms with Crippen molar-refractivity contribution in [3.8, 4) is 11.8 Å². The van der Waals surface area contributed by atoms with Gasteiger partial charge in [-0.3, -0.25) is 9.59 Å². The molecule has 1 heterocycles. The first-order chi connectivity index (χ1) is 12.1. The molecule has 0 aromatic heterocycles. The first kappa shape index (κ1) is 16.5. The molecule has 6 nitrogen and oxygen atoms in total. The molecule has 2 aromatic rings. The fourth-order valence-electron chi connectivity index (χ4n) is 2.74. The minimum Gasteiger partial charge on any atom is -0.489 e. The average Bonchev–Trinajstić information content (AvgIpc) is 3.03. The van der Waals surface area contributed by atoms with Gasteiger partial charge in [0.25, 0.3) is 0 Å². The third-order valence-electron chi connectivity index (χ3n) is 4.08. The Morgan fingerprint density at radius 3 is 2.68 bits per heavy atom. The quantitative estimate of drug-likeness (QED) is 0.906. The summed E-state index contributed by atoms with van der Waals surface area (Å²) in [6.45, 7) is 0.522. The van der Waals surface area contributed by atoms with Crippen LogP contribution in [-0.2, 0) is 16.2 Å². The molecule has 25 heavy (non-hydrogen) atoms. The van der Waals surface area contributed by atoms with Crippen molar-refractivity contribution in [2.24, 2.45) is 5.92 Å². The zero-order valence-electron chi connectivity index (χ0n) is 13.4. The summed E-state index contributed by atoms with van der Waals surface area (Å²) in [4.78, 5) is 24.5. The highest BCUT2D eigenvalue weighted by atomic mass is 16.5. The number of carbonyl (C=O) groups excluding carboxylic acids is 1. The molecule has 0 aliphatic carbocycles. The lowest BCUT2D eigenvalue weighted by Gasteiger charge is -2.16. The van der Waals surface area contributed by atoms with Crippen molar-refractivity contribution in [1.29, 1.82) is 5.26 Å². The fraction of sp³-hybridized carbons (Fsp3) is 0.211. The van der Waals surface area contributed by atoms with Gasteiger partial charge in [0.1, 0.15) is 12.4 Å². The maximum Gasteiger partial charge on any atom is 0.308 e. The molecule has 6 heteroatoms. The number of ether oxygens (including phenoxy) is 1. The lowest BCUT2D eigenvalue weighted by atomic mass is 10.1. The molecule has 0 unspecified atom stereocenters. The first-order valence-electron chi connectivity index (χ1n) is 7.82. The fourth-order valence-corrected chi connectivity index (χ4v) is 2.74. The molecule has 1 fully saturated rings. The van der Waals surface area contributed by atoms with E-state index in [2.05, 4.69) is 6.07 Å². The molecule has 0 saturated carbocycles. The van der Waals surface area contributed by atoms with Gasteiger partial charge in [0, 0.05) is 18.7 Å². The number of amides is 1. The Labute approximate surface area is 144 Å². The predicted molar refractivity (Wildman–Crippen MR) is 90.0 cm³/mol. The van der Waals surface area contributed by atoms with Gasteiger partial charge in [-0.1, -0.05) is 12.1 Å². The van der Waals surface area contributed by atoms with Gasteiger partial charge < -0.3 is 14.7 Å². The number of rotatable bonds is 5. The Morgan fingerprint density at radius 2 is 2.04 bits per heavy atom. The summed E-state index contributed by atoms with van der Waals surface area (Å²) < 4.78 is 5.69. The van der Waals surface area contributed by atoms with Crippen LogP contribution in [-0.4, -0.2) is 23.5 Å². The number of aliphatic carboxylic acids is 1. The maximum absolute atomic E-state index is 12.0. The molecule has 1 atom stereocenters. The molecule has 2 aromatic carbocycles. The van der Waals surface area contributed by atoms with Crippen LogP contribution in [0.5, 0.6) is 5.75 Å². The van der Waals surface area contributed by atoms with E-state index in [-0.39, 0.29) is 18.9 Å². The van der Waals surface area contributed by atoms with Gasteiger partial charge in [0.15, 0.2) is 0 Å². The van der Waals surface area contributed by atoms with Crippen LogP contribution in [0.15, 0.2) is 48.5 Å². The minimum absolute atomic E-state index is 0.0306. The lowest BCUT2D eigenvalue weighted by Crippen LogP contribution is -2.25. The summed E-state index contributed by atoms with van der Waals surface area (Å²) in [5.41, 5.74) is 2.13. The molecule has 1 N–H and O–H groups in total. The van der Waals surface area contributed by atoms with E-state index in [0.29, 0.717) is 23.6 Å². The Hall–Kier alpha value is -3.33. The van der Waals surface area contributed by atoms with Gasteiger partial charge in [-0.05, 0) is 42.0 Å². The number of anilines is 1. The van der Waals surface area contributed by atoms with Crippen LogP contribution in [0, 0.1) is 17.2 Å². The van der Waals surface area contributed by atoms with E-state index in [0.717, 1.165) is 5.56 Å². The van der Waals surface area contributed by atoms with Gasteiger partial charge in [0.2, 0.25) is 5.91 Å². The van der Waals surface area contributed by atoms with Crippen LogP contribution >= 0.6 is 0 Å². The minimum atomic E-state index is -0.949. The second-order valence-electron chi connectivity index (χ2n) is 5.84. The van der Waals surface area contributed by atoms with E-state index in [4.69, 9.17) is 15.1 Å². The Bertz CT molecular complexity index is 839. The van der Waals surface area contributed by atoms with E-state index in [1.54, 1.807) is 42.5 Å². The van der Waals surface area contributed by atoms with Crippen molar-refractivity contribution in [2.75, 3.05) is 11.4 Å². The molecule has 1 aliphatic heterocycles. The topological polar surface area (TPSA) is 90.6 Å². The summed E-state index contributed by atoms with van der Waals surface area (Å²) in [5.74, 6) is -1.16. The smallest absolute Gasteiger partial charge is 0.308 e. The molecule has 0 radical (unpaired) electrons. The molecule has 1 aliphatic rings. The summed E-state index contributed by atoms with van der Waals surface area (Å²) in [6.07, 6.45) is 0.0306. The molecule has 1 saturated heterocycles. The van der Waals surface area contributed by atoms with Gasteiger partial charge >= 0.3 is 5.97 Å². The monoisotopic (exact) mass is 336 g/mol.